The van der Waals surface area contributed by atoms with Crippen molar-refractivity contribution in [2.24, 2.45) is 0 Å². The van der Waals surface area contributed by atoms with Crippen LogP contribution in [0, 0.1) is 0 Å². The molecule has 0 aliphatic heterocycles. The molecule has 0 heterocycles. The first-order chi connectivity index (χ1) is 8.99. The van der Waals surface area contributed by atoms with Gasteiger partial charge in [0.15, 0.2) is 0 Å². The molecule has 20 heavy (non-hydrogen) atoms. The zero-order chi connectivity index (χ0) is 15.3. The quantitative estimate of drug-likeness (QED) is 0.422. The fraction of sp³-hybridized carbons (Fsp3) is 0.667. The van der Waals surface area contributed by atoms with Crippen LogP contribution in [0.2, 0.25) is 44.3 Å². The average Bonchev–Trinajstić information content (AvgIpc) is 2.70. The van der Waals surface area contributed by atoms with E-state index >= 15 is 0 Å². The Balaban J connectivity index is 2.76. The molecule has 0 amide bonds. The first-order valence-electron chi connectivity index (χ1n) is 8.11. The summed E-state index contributed by atoms with van der Waals surface area (Å²) in [5.41, 5.74) is 4.98. The van der Waals surface area contributed by atoms with Gasteiger partial charge in [0.25, 0.3) is 0 Å². The molecule has 0 radical (unpaired) electrons. The van der Waals surface area contributed by atoms with Crippen LogP contribution >= 0.6 is 0 Å². The van der Waals surface area contributed by atoms with Crippen molar-refractivity contribution in [2.45, 2.75) is 77.4 Å². The Morgan fingerprint density at radius 3 is 2.10 bits per heavy atom. The second kappa shape index (κ2) is 4.84. The minimum Gasteiger partial charge on any atom is -0.0795 e. The normalized spacial score (nSPS) is 26.7. The standard InChI is InChI=1S/C18H32Si2/c1-14(2)12-18(20(6,7)8)13-15-10-9-11-16(15)17(18)19(3,4)5/h12-13H,9-11H2,1-8H3. The van der Waals surface area contributed by atoms with Crippen LogP contribution in [0.4, 0.5) is 0 Å². The first-order valence-corrected chi connectivity index (χ1v) is 15.1. The second-order valence-corrected chi connectivity index (χ2v) is 19.3. The third-order valence-electron chi connectivity index (χ3n) is 4.89. The van der Waals surface area contributed by atoms with E-state index in [-0.39, 0.29) is 0 Å². The number of hydrogen-bond acceptors (Lipinski definition) is 0. The van der Waals surface area contributed by atoms with Crippen LogP contribution in [0.3, 0.4) is 0 Å². The van der Waals surface area contributed by atoms with E-state index in [1.165, 1.54) is 24.8 Å². The summed E-state index contributed by atoms with van der Waals surface area (Å²) in [7, 11) is -2.66. The topological polar surface area (TPSA) is 0 Å². The minimum atomic E-state index is -1.35. The molecule has 112 valence electrons. The molecule has 2 rings (SSSR count). The SMILES string of the molecule is CC(C)=CC1([Si](C)(C)C)C=C2CCCC2=C1[Si](C)(C)C. The number of hydrogen-bond donors (Lipinski definition) is 0. The van der Waals surface area contributed by atoms with Gasteiger partial charge in [-0.3, -0.25) is 0 Å². The van der Waals surface area contributed by atoms with Crippen molar-refractivity contribution in [3.05, 3.63) is 34.1 Å². The highest BCUT2D eigenvalue weighted by molar-refractivity contribution is 6.90. The van der Waals surface area contributed by atoms with Crippen LogP contribution in [0.1, 0.15) is 33.1 Å². The maximum atomic E-state index is 2.71. The first kappa shape index (κ1) is 16.0. The van der Waals surface area contributed by atoms with Crippen LogP contribution in [0.15, 0.2) is 34.1 Å². The van der Waals surface area contributed by atoms with Crippen LogP contribution in [-0.2, 0) is 0 Å². The van der Waals surface area contributed by atoms with E-state index in [2.05, 4.69) is 65.3 Å². The largest absolute Gasteiger partial charge is 0.0795 e. The molecule has 0 N–H and O–H groups in total. The van der Waals surface area contributed by atoms with Gasteiger partial charge in [-0.1, -0.05) is 62.2 Å². The summed E-state index contributed by atoms with van der Waals surface area (Å²) in [5, 5.41) is 2.19. The Hall–Kier alpha value is -0.346. The summed E-state index contributed by atoms with van der Waals surface area (Å²) in [5.74, 6) is 0. The lowest BCUT2D eigenvalue weighted by atomic mass is 10.1. The van der Waals surface area contributed by atoms with Gasteiger partial charge < -0.3 is 0 Å². The Morgan fingerprint density at radius 1 is 1.05 bits per heavy atom. The van der Waals surface area contributed by atoms with Gasteiger partial charge in [0.2, 0.25) is 0 Å². The van der Waals surface area contributed by atoms with Crippen molar-refractivity contribution in [2.75, 3.05) is 0 Å². The van der Waals surface area contributed by atoms with Crippen LogP contribution in [0.25, 0.3) is 0 Å². The van der Waals surface area contributed by atoms with Crippen LogP contribution in [0.5, 0.6) is 0 Å². The molecule has 1 saturated carbocycles. The van der Waals surface area contributed by atoms with Crippen molar-refractivity contribution >= 4 is 16.1 Å². The summed E-state index contributed by atoms with van der Waals surface area (Å²) in [6, 6.07) is 0. The molecule has 0 bridgehead atoms. The lowest BCUT2D eigenvalue weighted by Gasteiger charge is -2.45. The Labute approximate surface area is 128 Å². The molecular formula is C18H32Si2. The maximum absolute atomic E-state index is 2.71. The number of rotatable bonds is 3. The molecule has 2 aliphatic rings. The molecule has 0 spiro atoms. The highest BCUT2D eigenvalue weighted by Crippen LogP contribution is 2.61. The van der Waals surface area contributed by atoms with Gasteiger partial charge in [0.1, 0.15) is 0 Å². The smallest absolute Gasteiger partial charge is 0.0739 e. The van der Waals surface area contributed by atoms with E-state index in [1.807, 2.05) is 5.20 Å². The maximum Gasteiger partial charge on any atom is 0.0739 e. The van der Waals surface area contributed by atoms with Crippen molar-refractivity contribution < 1.29 is 0 Å². The van der Waals surface area contributed by atoms with Gasteiger partial charge in [0, 0.05) is 5.04 Å². The summed E-state index contributed by atoms with van der Waals surface area (Å²) in [6.07, 6.45) is 9.39. The second-order valence-electron chi connectivity index (χ2n) is 8.97. The number of fused-ring (bicyclic) bond motifs is 1. The molecule has 0 saturated heterocycles. The average molecular weight is 305 g/mol. The molecule has 2 heteroatoms. The third-order valence-corrected chi connectivity index (χ3v) is 10.4. The van der Waals surface area contributed by atoms with Gasteiger partial charge in [-0.15, -0.1) is 0 Å². The monoisotopic (exact) mass is 304 g/mol. The molecule has 1 unspecified atom stereocenters. The third kappa shape index (κ3) is 2.46. The van der Waals surface area contributed by atoms with E-state index in [4.69, 9.17) is 0 Å². The van der Waals surface area contributed by atoms with Crippen LogP contribution < -0.4 is 0 Å². The summed E-state index contributed by atoms with van der Waals surface area (Å²) >= 11 is 0. The predicted molar refractivity (Wildman–Crippen MR) is 97.8 cm³/mol. The Morgan fingerprint density at radius 2 is 1.65 bits per heavy atom. The van der Waals surface area contributed by atoms with Crippen molar-refractivity contribution in [3.8, 4) is 0 Å². The van der Waals surface area contributed by atoms with E-state index in [9.17, 15) is 0 Å². The Bertz CT molecular complexity index is 503. The molecular weight excluding hydrogens is 272 g/mol. The zero-order valence-corrected chi connectivity index (χ0v) is 16.8. The van der Waals surface area contributed by atoms with Gasteiger partial charge in [0.05, 0.1) is 16.1 Å². The summed E-state index contributed by atoms with van der Waals surface area (Å²) in [6.45, 7) is 19.9. The minimum absolute atomic E-state index is 0.307. The van der Waals surface area contributed by atoms with Crippen molar-refractivity contribution in [3.63, 3.8) is 0 Å². The lowest BCUT2D eigenvalue weighted by Crippen LogP contribution is -2.44. The van der Waals surface area contributed by atoms with E-state index in [0.29, 0.717) is 5.04 Å². The fourth-order valence-electron chi connectivity index (χ4n) is 4.26. The van der Waals surface area contributed by atoms with Crippen molar-refractivity contribution in [1.29, 1.82) is 0 Å². The van der Waals surface area contributed by atoms with E-state index in [1.54, 1.807) is 11.1 Å². The molecule has 2 aliphatic carbocycles. The zero-order valence-electron chi connectivity index (χ0n) is 14.8. The predicted octanol–water partition coefficient (Wildman–Crippen LogP) is 6.33. The molecule has 0 aromatic carbocycles. The van der Waals surface area contributed by atoms with Gasteiger partial charge in [-0.05, 0) is 44.3 Å². The molecule has 0 nitrogen and oxygen atoms in total. The molecule has 1 atom stereocenters. The fourth-order valence-corrected chi connectivity index (χ4v) is 11.3. The van der Waals surface area contributed by atoms with Crippen LogP contribution in [-0.4, -0.2) is 16.1 Å². The lowest BCUT2D eigenvalue weighted by molar-refractivity contribution is 0.892. The Kier molecular flexibility index (Phi) is 3.88. The van der Waals surface area contributed by atoms with E-state index < -0.39 is 16.1 Å². The van der Waals surface area contributed by atoms with Gasteiger partial charge >= 0.3 is 0 Å². The summed E-state index contributed by atoms with van der Waals surface area (Å²) in [4.78, 5) is 0. The summed E-state index contributed by atoms with van der Waals surface area (Å²) < 4.78 is 0. The molecule has 0 aromatic heterocycles. The molecule has 0 aromatic rings. The molecule has 1 fully saturated rings. The highest BCUT2D eigenvalue weighted by Gasteiger charge is 2.51. The van der Waals surface area contributed by atoms with E-state index in [0.717, 1.165) is 0 Å². The van der Waals surface area contributed by atoms with Crippen molar-refractivity contribution in [1.82, 2.24) is 0 Å². The highest BCUT2D eigenvalue weighted by atomic mass is 28.3. The number of allylic oxidation sites excluding steroid dienone is 6. The van der Waals surface area contributed by atoms with Gasteiger partial charge in [-0.2, -0.15) is 0 Å². The van der Waals surface area contributed by atoms with Gasteiger partial charge in [-0.25, -0.2) is 0 Å².